The Kier molecular flexibility index (Phi) is 3.59. The van der Waals surface area contributed by atoms with Crippen molar-refractivity contribution in [2.24, 2.45) is 0 Å². The monoisotopic (exact) mass is 368 g/mol. The predicted octanol–water partition coefficient (Wildman–Crippen LogP) is 1.04. The van der Waals surface area contributed by atoms with Gasteiger partial charge in [-0.15, -0.1) is 0 Å². The molecule has 1 fully saturated rings. The average molecular weight is 368 g/mol. The molecule has 1 saturated heterocycles. The second kappa shape index (κ2) is 5.63. The Morgan fingerprint density at radius 3 is 1.13 bits per heavy atom. The molecule has 3 nitrogen and oxygen atoms in total. The first-order valence-electron chi connectivity index (χ1n) is 7.53. The van der Waals surface area contributed by atoms with E-state index < -0.39 is 18.3 Å². The summed E-state index contributed by atoms with van der Waals surface area (Å²) in [5, 5.41) is 11.0. The fraction of sp³-hybridized carbons (Fsp3) is 0.0526. The molecule has 0 unspecified atom stereocenters. The van der Waals surface area contributed by atoms with E-state index in [1.54, 1.807) is 0 Å². The molecule has 4 rings (SSSR count). The minimum atomic E-state index is -3.58. The Morgan fingerprint density at radius 2 is 0.870 bits per heavy atom. The van der Waals surface area contributed by atoms with Crippen LogP contribution < -0.4 is 13.1 Å². The van der Waals surface area contributed by atoms with E-state index in [9.17, 15) is 5.11 Å². The molecule has 4 heteroatoms. The summed E-state index contributed by atoms with van der Waals surface area (Å²) >= 11 is -3.58. The maximum atomic E-state index is 11.0. The molecule has 0 radical (unpaired) electrons. The summed E-state index contributed by atoms with van der Waals surface area (Å²) < 4.78 is 1.73. The Hall–Kier alpha value is -1.90. The molecule has 0 aromatic heterocycles. The Morgan fingerprint density at radius 1 is 0.565 bits per heavy atom. The second-order valence-corrected chi connectivity index (χ2v) is 13.7. The van der Waals surface area contributed by atoms with Crippen molar-refractivity contribution >= 4 is 26.6 Å². The molecule has 116 valence electrons. The van der Waals surface area contributed by atoms with Crippen molar-refractivity contribution in [2.75, 3.05) is 0 Å². The third-order valence-electron chi connectivity index (χ3n) is 4.34. The quantitative estimate of drug-likeness (QED) is 0.425. The number of rotatable bonds is 4. The van der Waals surface area contributed by atoms with Crippen LogP contribution in [0.5, 0.6) is 0 Å². The van der Waals surface area contributed by atoms with Gasteiger partial charge in [-0.05, 0) is 0 Å². The summed E-state index contributed by atoms with van der Waals surface area (Å²) in [6, 6.07) is 30.2. The number of aliphatic hydroxyl groups is 1. The molecule has 0 spiro atoms. The molecule has 3 aromatic rings. The summed E-state index contributed by atoms with van der Waals surface area (Å²) in [5.41, 5.74) is 0. The van der Waals surface area contributed by atoms with Gasteiger partial charge in [-0.25, -0.2) is 0 Å². The fourth-order valence-corrected chi connectivity index (χ4v) is 12.6. The molecule has 0 bridgehead atoms. The van der Waals surface area contributed by atoms with Gasteiger partial charge in [0, 0.05) is 0 Å². The summed E-state index contributed by atoms with van der Waals surface area (Å²) in [6.45, 7) is 0. The van der Waals surface area contributed by atoms with Crippen molar-refractivity contribution in [1.82, 2.24) is 0 Å². The molecular weight excluding hydrogens is 351 g/mol. The first-order chi connectivity index (χ1) is 11.3. The number of benzene rings is 3. The van der Waals surface area contributed by atoms with Gasteiger partial charge in [0.2, 0.25) is 0 Å². The third kappa shape index (κ3) is 2.25. The maximum absolute atomic E-state index is 11.0. The van der Waals surface area contributed by atoms with E-state index in [0.717, 1.165) is 13.1 Å². The van der Waals surface area contributed by atoms with Crippen LogP contribution in [0.1, 0.15) is 0 Å². The zero-order valence-corrected chi connectivity index (χ0v) is 14.5. The summed E-state index contributed by atoms with van der Waals surface area (Å²) in [7, 11) is 0. The SMILES string of the molecule is OC1([AsH](c2ccccc2)(c2ccccc2)c2ccccc2)OO1. The van der Waals surface area contributed by atoms with E-state index in [0.29, 0.717) is 0 Å². The Balaban J connectivity index is 2.07. The van der Waals surface area contributed by atoms with Gasteiger partial charge in [-0.2, -0.15) is 0 Å². The van der Waals surface area contributed by atoms with Crippen LogP contribution in [0.15, 0.2) is 91.0 Å². The standard InChI is InChI=1S/C19H17AsO3/c21-19(22-23-19)20(16-10-4-1-5-11-16,17-12-6-2-7-13-17)18-14-8-3-9-15-18/h1-15,20-21H. The molecule has 0 aliphatic carbocycles. The summed E-state index contributed by atoms with van der Waals surface area (Å²) in [4.78, 5) is 10.3. The van der Waals surface area contributed by atoms with E-state index >= 15 is 0 Å². The molecule has 0 saturated carbocycles. The van der Waals surface area contributed by atoms with Crippen LogP contribution >= 0.6 is 0 Å². The molecule has 1 heterocycles. The number of hydrogen-bond acceptors (Lipinski definition) is 3. The van der Waals surface area contributed by atoms with Crippen LogP contribution in [0.4, 0.5) is 0 Å². The first kappa shape index (κ1) is 14.7. The van der Waals surface area contributed by atoms with Crippen LogP contribution in [-0.4, -0.2) is 23.4 Å². The zero-order valence-electron chi connectivity index (χ0n) is 12.4. The van der Waals surface area contributed by atoms with Crippen molar-refractivity contribution in [2.45, 2.75) is 4.76 Å². The Bertz CT molecular complexity index is 690. The van der Waals surface area contributed by atoms with Gasteiger partial charge in [-0.3, -0.25) is 0 Å². The van der Waals surface area contributed by atoms with Gasteiger partial charge in [0.05, 0.1) is 0 Å². The van der Waals surface area contributed by atoms with Gasteiger partial charge < -0.3 is 0 Å². The van der Waals surface area contributed by atoms with E-state index in [2.05, 4.69) is 36.4 Å². The fourth-order valence-electron chi connectivity index (χ4n) is 3.28. The van der Waals surface area contributed by atoms with Crippen molar-refractivity contribution < 1.29 is 14.9 Å². The molecule has 23 heavy (non-hydrogen) atoms. The van der Waals surface area contributed by atoms with Crippen LogP contribution in [-0.2, 0) is 9.78 Å². The molecule has 0 amide bonds. The zero-order chi connectivity index (χ0) is 15.8. The number of hydrogen-bond donors (Lipinski definition) is 1. The molecule has 1 aliphatic rings. The molecule has 1 aliphatic heterocycles. The van der Waals surface area contributed by atoms with Gasteiger partial charge in [0.1, 0.15) is 0 Å². The van der Waals surface area contributed by atoms with Crippen molar-refractivity contribution in [1.29, 1.82) is 0 Å². The van der Waals surface area contributed by atoms with Gasteiger partial charge in [-0.1, -0.05) is 0 Å². The van der Waals surface area contributed by atoms with Gasteiger partial charge >= 0.3 is 137 Å². The van der Waals surface area contributed by atoms with Crippen LogP contribution in [0.3, 0.4) is 0 Å². The van der Waals surface area contributed by atoms with Crippen molar-refractivity contribution in [3.8, 4) is 0 Å². The minimum absolute atomic E-state index is 1.09. The molecule has 1 N–H and O–H groups in total. The van der Waals surface area contributed by atoms with Crippen LogP contribution in [0.2, 0.25) is 0 Å². The third-order valence-corrected chi connectivity index (χ3v) is 14.2. The van der Waals surface area contributed by atoms with Crippen molar-refractivity contribution in [3.05, 3.63) is 91.0 Å². The summed E-state index contributed by atoms with van der Waals surface area (Å²) in [6.07, 6.45) is 0. The van der Waals surface area contributed by atoms with Crippen LogP contribution in [0, 0.1) is 0 Å². The average Bonchev–Trinajstić information content (AvgIpc) is 3.37. The van der Waals surface area contributed by atoms with Crippen molar-refractivity contribution in [3.63, 3.8) is 0 Å². The van der Waals surface area contributed by atoms with Gasteiger partial charge in [0.25, 0.3) is 0 Å². The van der Waals surface area contributed by atoms with E-state index in [1.165, 1.54) is 0 Å². The molecule has 3 aromatic carbocycles. The molecular formula is C19H17AsO3. The van der Waals surface area contributed by atoms with E-state index in [-0.39, 0.29) is 0 Å². The molecule has 0 atom stereocenters. The van der Waals surface area contributed by atoms with E-state index in [1.807, 2.05) is 54.6 Å². The van der Waals surface area contributed by atoms with E-state index in [4.69, 9.17) is 9.78 Å². The summed E-state index contributed by atoms with van der Waals surface area (Å²) in [5.74, 6) is 0. The predicted molar refractivity (Wildman–Crippen MR) is 92.5 cm³/mol. The Labute approximate surface area is 137 Å². The van der Waals surface area contributed by atoms with Crippen LogP contribution in [0.25, 0.3) is 0 Å². The normalized spacial score (nSPS) is 16.7. The second-order valence-electron chi connectivity index (χ2n) is 5.60. The topological polar surface area (TPSA) is 45.3 Å². The van der Waals surface area contributed by atoms with Gasteiger partial charge in [0.15, 0.2) is 0 Å². The first-order valence-corrected chi connectivity index (χ1v) is 11.7.